The van der Waals surface area contributed by atoms with Crippen molar-refractivity contribution in [3.8, 4) is 0 Å². The molecule has 0 aromatic heterocycles. The van der Waals surface area contributed by atoms with Gasteiger partial charge in [0.2, 0.25) is 0 Å². The summed E-state index contributed by atoms with van der Waals surface area (Å²) in [4.78, 5) is 0. The van der Waals surface area contributed by atoms with Crippen molar-refractivity contribution in [3.05, 3.63) is 0 Å². The topological polar surface area (TPSA) is 0 Å². The van der Waals surface area contributed by atoms with Crippen molar-refractivity contribution in [2.75, 3.05) is 0 Å². The Morgan fingerprint density at radius 2 is 1.67 bits per heavy atom. The summed E-state index contributed by atoms with van der Waals surface area (Å²) >= 11 is 0. The minimum atomic E-state index is 0.691. The molecule has 3 saturated carbocycles. The van der Waals surface area contributed by atoms with Crippen molar-refractivity contribution in [2.45, 2.75) is 60.3 Å². The first-order valence-corrected chi connectivity index (χ1v) is 6.89. The molecular weight excluding hydrogens is 180 g/mol. The van der Waals surface area contributed by atoms with E-state index in [-0.39, 0.29) is 0 Å². The second-order valence-electron chi connectivity index (χ2n) is 7.55. The Morgan fingerprint density at radius 3 is 2.20 bits per heavy atom. The van der Waals surface area contributed by atoms with Gasteiger partial charge in [-0.3, -0.25) is 0 Å². The van der Waals surface area contributed by atoms with Gasteiger partial charge in [0.25, 0.3) is 0 Å². The van der Waals surface area contributed by atoms with Crippen LogP contribution in [0.2, 0.25) is 0 Å². The van der Waals surface area contributed by atoms with E-state index in [4.69, 9.17) is 0 Å². The van der Waals surface area contributed by atoms with Crippen LogP contribution in [0.15, 0.2) is 0 Å². The van der Waals surface area contributed by atoms with Gasteiger partial charge in [-0.05, 0) is 53.3 Å². The first-order valence-electron chi connectivity index (χ1n) is 6.89. The monoisotopic (exact) mass is 206 g/mol. The van der Waals surface area contributed by atoms with Crippen molar-refractivity contribution < 1.29 is 0 Å². The molecule has 0 radical (unpaired) electrons. The second-order valence-corrected chi connectivity index (χ2v) is 7.55. The van der Waals surface area contributed by atoms with Crippen molar-refractivity contribution in [1.29, 1.82) is 0 Å². The molecule has 0 heteroatoms. The average Bonchev–Trinajstić information content (AvgIpc) is 2.44. The van der Waals surface area contributed by atoms with Crippen molar-refractivity contribution in [3.63, 3.8) is 0 Å². The Bertz CT molecular complexity index is 307. The maximum absolute atomic E-state index is 2.60. The molecule has 15 heavy (non-hydrogen) atoms. The third-order valence-electron chi connectivity index (χ3n) is 7.05. The summed E-state index contributed by atoms with van der Waals surface area (Å²) in [5.41, 5.74) is 2.11. The Balaban J connectivity index is 2.00. The van der Waals surface area contributed by atoms with E-state index in [2.05, 4.69) is 34.6 Å². The summed E-state index contributed by atoms with van der Waals surface area (Å²) < 4.78 is 0. The largest absolute Gasteiger partial charge is 0.0654 e. The van der Waals surface area contributed by atoms with E-state index in [1.807, 2.05) is 0 Å². The normalized spacial score (nSPS) is 65.8. The van der Waals surface area contributed by atoms with Crippen molar-refractivity contribution in [1.82, 2.24) is 0 Å². The molecule has 6 unspecified atom stereocenters. The minimum Gasteiger partial charge on any atom is -0.0654 e. The van der Waals surface area contributed by atoms with Gasteiger partial charge in [-0.15, -0.1) is 0 Å². The van der Waals surface area contributed by atoms with Crippen LogP contribution in [0.4, 0.5) is 0 Å². The van der Waals surface area contributed by atoms with E-state index in [1.54, 1.807) is 0 Å². The first-order chi connectivity index (χ1) is 6.89. The van der Waals surface area contributed by atoms with Gasteiger partial charge in [-0.1, -0.05) is 41.0 Å². The van der Waals surface area contributed by atoms with Gasteiger partial charge >= 0.3 is 0 Å². The molecule has 3 fully saturated rings. The van der Waals surface area contributed by atoms with Crippen LogP contribution in [-0.4, -0.2) is 0 Å². The predicted octanol–water partition coefficient (Wildman–Crippen LogP) is 4.49. The summed E-state index contributed by atoms with van der Waals surface area (Å²) in [5, 5.41) is 0. The Kier molecular flexibility index (Phi) is 1.67. The molecule has 0 aromatic rings. The lowest BCUT2D eigenvalue weighted by molar-refractivity contribution is -0.201. The van der Waals surface area contributed by atoms with Gasteiger partial charge in [0, 0.05) is 0 Å². The molecule has 0 spiro atoms. The van der Waals surface area contributed by atoms with Gasteiger partial charge in [-0.25, -0.2) is 0 Å². The Morgan fingerprint density at radius 1 is 1.07 bits per heavy atom. The van der Waals surface area contributed by atoms with Crippen LogP contribution < -0.4 is 0 Å². The molecule has 0 aliphatic heterocycles. The molecule has 0 aromatic carbocycles. The zero-order valence-electron chi connectivity index (χ0n) is 11.1. The molecule has 3 aliphatic carbocycles. The second kappa shape index (κ2) is 2.46. The summed E-state index contributed by atoms with van der Waals surface area (Å²) in [6.07, 6.45) is 5.91. The fourth-order valence-corrected chi connectivity index (χ4v) is 6.50. The fraction of sp³-hybridized carbons (Fsp3) is 1.00. The zero-order valence-corrected chi connectivity index (χ0v) is 11.1. The van der Waals surface area contributed by atoms with Crippen LogP contribution in [-0.2, 0) is 0 Å². The van der Waals surface area contributed by atoms with Crippen LogP contribution in [0.5, 0.6) is 0 Å². The standard InChI is InChI=1S/C15H26/c1-6-7-11-12-10(2)14(4)8-13(11,3)9-15(12,14)5/h10-12H,6-9H2,1-5H3. The highest BCUT2D eigenvalue weighted by molar-refractivity contribution is 5.27. The molecule has 2 bridgehead atoms. The summed E-state index contributed by atoms with van der Waals surface area (Å²) in [5.74, 6) is 3.10. The Hall–Kier alpha value is 0. The van der Waals surface area contributed by atoms with Crippen LogP contribution in [0.25, 0.3) is 0 Å². The van der Waals surface area contributed by atoms with E-state index < -0.39 is 0 Å². The zero-order chi connectivity index (χ0) is 11.1. The maximum atomic E-state index is 2.60. The van der Waals surface area contributed by atoms with Gasteiger partial charge in [0.15, 0.2) is 0 Å². The van der Waals surface area contributed by atoms with Gasteiger partial charge in [0.05, 0.1) is 0 Å². The number of rotatable bonds is 2. The lowest BCUT2D eigenvalue weighted by Crippen LogP contribution is -2.62. The summed E-state index contributed by atoms with van der Waals surface area (Å²) in [6, 6.07) is 0. The van der Waals surface area contributed by atoms with Crippen LogP contribution in [0.3, 0.4) is 0 Å². The lowest BCUT2D eigenvalue weighted by atomic mass is 9.36. The molecule has 0 saturated heterocycles. The SMILES string of the molecule is CCCC1C2C(C)C3(C)CC1(C)CC23C. The quantitative estimate of drug-likeness (QED) is 0.624. The number of hydrogen-bond donors (Lipinski definition) is 0. The molecule has 3 rings (SSSR count). The fourth-order valence-electron chi connectivity index (χ4n) is 6.50. The molecule has 86 valence electrons. The highest BCUT2D eigenvalue weighted by Crippen LogP contribution is 2.86. The highest BCUT2D eigenvalue weighted by Gasteiger charge is 2.79. The Labute approximate surface area is 94.8 Å². The smallest absolute Gasteiger partial charge is 0.0230 e. The van der Waals surface area contributed by atoms with Crippen LogP contribution in [0.1, 0.15) is 60.3 Å². The summed E-state index contributed by atoms with van der Waals surface area (Å²) in [6.45, 7) is 12.6. The number of hydrogen-bond acceptors (Lipinski definition) is 0. The lowest BCUT2D eigenvalue weighted by Gasteiger charge is -2.68. The van der Waals surface area contributed by atoms with E-state index in [1.165, 1.54) is 25.7 Å². The van der Waals surface area contributed by atoms with Crippen molar-refractivity contribution in [2.24, 2.45) is 34.0 Å². The van der Waals surface area contributed by atoms with E-state index in [0.717, 1.165) is 17.8 Å². The minimum absolute atomic E-state index is 0.691. The maximum Gasteiger partial charge on any atom is -0.0230 e. The summed E-state index contributed by atoms with van der Waals surface area (Å²) in [7, 11) is 0. The van der Waals surface area contributed by atoms with E-state index in [0.29, 0.717) is 16.2 Å². The van der Waals surface area contributed by atoms with Crippen LogP contribution >= 0.6 is 0 Å². The van der Waals surface area contributed by atoms with E-state index >= 15 is 0 Å². The molecule has 6 atom stereocenters. The highest BCUT2D eigenvalue weighted by atomic mass is 14.8. The van der Waals surface area contributed by atoms with Gasteiger partial charge in [0.1, 0.15) is 0 Å². The first kappa shape index (κ1) is 10.2. The van der Waals surface area contributed by atoms with Crippen LogP contribution in [0, 0.1) is 34.0 Å². The number of fused-ring (bicyclic) bond motifs is 1. The molecule has 0 amide bonds. The molecule has 0 N–H and O–H groups in total. The molecular formula is C15H26. The van der Waals surface area contributed by atoms with Gasteiger partial charge in [-0.2, -0.15) is 0 Å². The van der Waals surface area contributed by atoms with Crippen molar-refractivity contribution >= 4 is 0 Å². The molecule has 3 aliphatic rings. The molecule has 0 nitrogen and oxygen atoms in total. The average molecular weight is 206 g/mol. The third-order valence-corrected chi connectivity index (χ3v) is 7.05. The predicted molar refractivity (Wildman–Crippen MR) is 64.6 cm³/mol. The molecule has 0 heterocycles. The van der Waals surface area contributed by atoms with E-state index in [9.17, 15) is 0 Å². The van der Waals surface area contributed by atoms with Gasteiger partial charge < -0.3 is 0 Å². The third kappa shape index (κ3) is 0.806.